The lowest BCUT2D eigenvalue weighted by Crippen LogP contribution is -2.49. The van der Waals surface area contributed by atoms with E-state index in [1.807, 2.05) is 45.0 Å². The van der Waals surface area contributed by atoms with E-state index in [0.717, 1.165) is 22.3 Å². The normalized spacial score (nSPS) is 30.4. The molecule has 0 saturated carbocycles. The molecule has 158 valence electrons. The van der Waals surface area contributed by atoms with Crippen molar-refractivity contribution in [3.63, 3.8) is 0 Å². The van der Waals surface area contributed by atoms with Crippen LogP contribution in [-0.4, -0.2) is 43.0 Å². The third-order valence-corrected chi connectivity index (χ3v) is 7.87. The summed E-state index contributed by atoms with van der Waals surface area (Å²) in [5.74, 6) is -0.847. The molecule has 0 amide bonds. The Labute approximate surface area is 177 Å². The fourth-order valence-corrected chi connectivity index (χ4v) is 6.19. The number of benzene rings is 2. The van der Waals surface area contributed by atoms with Crippen LogP contribution in [0.15, 0.2) is 60.0 Å². The summed E-state index contributed by atoms with van der Waals surface area (Å²) in [6.07, 6.45) is -1.75. The highest BCUT2D eigenvalue weighted by Gasteiger charge is 2.60. The molecular formula is C23H25NO5S. The molecule has 2 fully saturated rings. The summed E-state index contributed by atoms with van der Waals surface area (Å²) in [7, 11) is -3.82. The van der Waals surface area contributed by atoms with E-state index in [2.05, 4.69) is 6.58 Å². The minimum Gasteiger partial charge on any atom is -0.340 e. The molecule has 0 aliphatic carbocycles. The third kappa shape index (κ3) is 3.04. The van der Waals surface area contributed by atoms with Gasteiger partial charge in [0.15, 0.2) is 12.1 Å². The van der Waals surface area contributed by atoms with Gasteiger partial charge in [-0.2, -0.15) is 4.31 Å². The van der Waals surface area contributed by atoms with E-state index >= 15 is 0 Å². The highest BCUT2D eigenvalue weighted by Crippen LogP contribution is 2.46. The third-order valence-electron chi connectivity index (χ3n) is 6.01. The zero-order chi connectivity index (χ0) is 21.3. The van der Waals surface area contributed by atoms with Crippen molar-refractivity contribution in [1.29, 1.82) is 0 Å². The lowest BCUT2D eigenvalue weighted by molar-refractivity contribution is -0.203. The smallest absolute Gasteiger partial charge is 0.243 e. The van der Waals surface area contributed by atoms with Crippen molar-refractivity contribution in [1.82, 2.24) is 4.31 Å². The minimum atomic E-state index is -3.82. The maximum Gasteiger partial charge on any atom is 0.243 e. The van der Waals surface area contributed by atoms with Crippen LogP contribution in [0.25, 0.3) is 5.57 Å². The van der Waals surface area contributed by atoms with Gasteiger partial charge in [0.05, 0.1) is 10.9 Å². The topological polar surface area (TPSA) is 65.1 Å². The second-order valence-corrected chi connectivity index (χ2v) is 10.5. The van der Waals surface area contributed by atoms with Gasteiger partial charge in [-0.15, -0.1) is 0 Å². The van der Waals surface area contributed by atoms with Crippen LogP contribution in [0.5, 0.6) is 0 Å². The van der Waals surface area contributed by atoms with Crippen molar-refractivity contribution in [3.05, 3.63) is 71.8 Å². The summed E-state index contributed by atoms with van der Waals surface area (Å²) in [5.41, 5.74) is 3.55. The maximum absolute atomic E-state index is 13.8. The average molecular weight is 428 g/mol. The van der Waals surface area contributed by atoms with Gasteiger partial charge in [0, 0.05) is 6.54 Å². The minimum absolute atomic E-state index is 0.211. The zero-order valence-electron chi connectivity index (χ0n) is 17.2. The number of fused-ring (bicyclic) bond motifs is 4. The number of aryl methyl sites for hydroxylation is 1. The van der Waals surface area contributed by atoms with Crippen molar-refractivity contribution in [2.45, 2.75) is 62.5 Å². The van der Waals surface area contributed by atoms with E-state index in [1.165, 1.54) is 4.31 Å². The molecule has 0 radical (unpaired) electrons. The lowest BCUT2D eigenvalue weighted by Gasteiger charge is -2.32. The first-order chi connectivity index (χ1) is 14.2. The lowest BCUT2D eigenvalue weighted by atomic mass is 9.95. The summed E-state index contributed by atoms with van der Waals surface area (Å²) < 4.78 is 47.4. The van der Waals surface area contributed by atoms with Gasteiger partial charge >= 0.3 is 0 Å². The van der Waals surface area contributed by atoms with E-state index in [0.29, 0.717) is 0 Å². The average Bonchev–Trinajstić information content (AvgIpc) is 3.13. The Morgan fingerprint density at radius 1 is 1.07 bits per heavy atom. The Kier molecular flexibility index (Phi) is 4.47. The monoisotopic (exact) mass is 427 g/mol. The molecule has 5 rings (SSSR count). The molecular weight excluding hydrogens is 402 g/mol. The second kappa shape index (κ2) is 6.73. The van der Waals surface area contributed by atoms with Crippen molar-refractivity contribution < 1.29 is 22.6 Å². The van der Waals surface area contributed by atoms with Crippen LogP contribution >= 0.6 is 0 Å². The van der Waals surface area contributed by atoms with Crippen LogP contribution in [-0.2, 0) is 30.8 Å². The number of hydrogen-bond acceptors (Lipinski definition) is 5. The molecule has 7 heteroatoms. The molecule has 3 aliphatic heterocycles. The fourth-order valence-electron chi connectivity index (χ4n) is 4.58. The first-order valence-electron chi connectivity index (χ1n) is 10.0. The number of hydrogen-bond donors (Lipinski definition) is 0. The molecule has 4 atom stereocenters. The highest BCUT2D eigenvalue weighted by atomic mass is 32.2. The summed E-state index contributed by atoms with van der Waals surface area (Å²) >= 11 is 0. The summed E-state index contributed by atoms with van der Waals surface area (Å²) in [5, 5.41) is 0. The van der Waals surface area contributed by atoms with Crippen LogP contribution in [0.4, 0.5) is 0 Å². The largest absolute Gasteiger partial charge is 0.340 e. The second-order valence-electron chi connectivity index (χ2n) is 8.56. The van der Waals surface area contributed by atoms with Crippen LogP contribution in [0.3, 0.4) is 0 Å². The van der Waals surface area contributed by atoms with Crippen LogP contribution in [0, 0.1) is 6.92 Å². The first-order valence-corrected chi connectivity index (χ1v) is 11.5. The number of rotatable bonds is 2. The molecule has 0 aromatic heterocycles. The van der Waals surface area contributed by atoms with Gasteiger partial charge in [0.1, 0.15) is 12.2 Å². The number of ether oxygens (including phenoxy) is 3. The van der Waals surface area contributed by atoms with Crippen LogP contribution in [0.1, 0.15) is 30.5 Å². The van der Waals surface area contributed by atoms with Crippen molar-refractivity contribution in [2.24, 2.45) is 0 Å². The van der Waals surface area contributed by atoms with E-state index in [1.54, 1.807) is 24.3 Å². The fraction of sp³-hybridized carbons (Fsp3) is 0.391. The molecule has 3 heterocycles. The Balaban J connectivity index is 1.65. The van der Waals surface area contributed by atoms with Gasteiger partial charge in [0.25, 0.3) is 0 Å². The van der Waals surface area contributed by atoms with Crippen LogP contribution in [0.2, 0.25) is 0 Å². The van der Waals surface area contributed by atoms with E-state index < -0.39 is 40.4 Å². The quantitative estimate of drug-likeness (QED) is 0.735. The maximum atomic E-state index is 13.8. The Hall–Kier alpha value is -2.03. The van der Waals surface area contributed by atoms with Gasteiger partial charge in [-0.3, -0.25) is 0 Å². The molecule has 6 nitrogen and oxygen atoms in total. The summed E-state index contributed by atoms with van der Waals surface area (Å²) in [6.45, 7) is 10.0. The summed E-state index contributed by atoms with van der Waals surface area (Å²) in [4.78, 5) is 0.249. The van der Waals surface area contributed by atoms with Gasteiger partial charge in [-0.1, -0.05) is 48.5 Å². The van der Waals surface area contributed by atoms with Crippen molar-refractivity contribution in [2.75, 3.05) is 0 Å². The molecule has 2 saturated heterocycles. The van der Waals surface area contributed by atoms with Gasteiger partial charge in [-0.25, -0.2) is 8.42 Å². The van der Waals surface area contributed by atoms with E-state index in [4.69, 9.17) is 14.2 Å². The van der Waals surface area contributed by atoms with E-state index in [-0.39, 0.29) is 11.4 Å². The molecule has 0 unspecified atom stereocenters. The van der Waals surface area contributed by atoms with Crippen molar-refractivity contribution in [3.8, 4) is 0 Å². The molecule has 3 aliphatic rings. The Morgan fingerprint density at radius 3 is 2.50 bits per heavy atom. The molecule has 0 N–H and O–H groups in total. The molecule has 2 aromatic rings. The Morgan fingerprint density at radius 2 is 1.77 bits per heavy atom. The van der Waals surface area contributed by atoms with Gasteiger partial charge in [-0.05, 0) is 49.6 Å². The summed E-state index contributed by atoms with van der Waals surface area (Å²) in [6, 6.07) is 14.1. The SMILES string of the molecule is C=C1c2ccccc2CN(S(=O)(=O)c2ccc(C)cc2)[C@@H]2[C@H]3OC(C)(C)O[C@H]3O[C@H]12. The predicted molar refractivity (Wildman–Crippen MR) is 112 cm³/mol. The van der Waals surface area contributed by atoms with Crippen molar-refractivity contribution >= 4 is 15.6 Å². The number of sulfonamides is 1. The highest BCUT2D eigenvalue weighted by molar-refractivity contribution is 7.89. The molecule has 30 heavy (non-hydrogen) atoms. The van der Waals surface area contributed by atoms with E-state index in [9.17, 15) is 8.42 Å². The first kappa shape index (κ1) is 19.9. The van der Waals surface area contributed by atoms with Gasteiger partial charge in [0.2, 0.25) is 10.0 Å². The molecule has 0 spiro atoms. The van der Waals surface area contributed by atoms with Crippen LogP contribution < -0.4 is 0 Å². The predicted octanol–water partition coefficient (Wildman–Crippen LogP) is 3.46. The molecule has 0 bridgehead atoms. The van der Waals surface area contributed by atoms with Gasteiger partial charge < -0.3 is 14.2 Å². The zero-order valence-corrected chi connectivity index (χ0v) is 18.1. The standard InChI is InChI=1S/C23H25NO5S/c1-14-9-11-17(12-10-14)30(25,26)24-13-16-7-5-6-8-18(16)15(2)20-19(24)21-22(27-20)29-23(3,4)28-21/h5-12,19-22H,2,13H2,1,3-4H3/t19-,20+,21+,22+/m0/s1. The number of nitrogens with zero attached hydrogens (tertiary/aromatic N) is 1. The Bertz CT molecular complexity index is 1110. The molecule has 2 aromatic carbocycles.